The molecular formula is C20H19N5O5. The Kier molecular flexibility index (Phi) is 6.93. The van der Waals surface area contributed by atoms with Crippen molar-refractivity contribution in [3.8, 4) is 0 Å². The van der Waals surface area contributed by atoms with Crippen LogP contribution < -0.4 is 5.32 Å². The topological polar surface area (TPSA) is 137 Å². The summed E-state index contributed by atoms with van der Waals surface area (Å²) in [5.74, 6) is -1.48. The Bertz CT molecular complexity index is 976. The fourth-order valence-electron chi connectivity index (χ4n) is 2.98. The molecule has 30 heavy (non-hydrogen) atoms. The van der Waals surface area contributed by atoms with Gasteiger partial charge in [-0.15, -0.1) is 0 Å². The van der Waals surface area contributed by atoms with Crippen molar-refractivity contribution in [3.05, 3.63) is 76.1 Å². The van der Waals surface area contributed by atoms with Crippen molar-refractivity contribution in [1.29, 1.82) is 0 Å². The molecule has 1 unspecified atom stereocenters. The minimum absolute atomic E-state index is 0.0254. The van der Waals surface area contributed by atoms with Gasteiger partial charge in [-0.25, -0.2) is 14.8 Å². The van der Waals surface area contributed by atoms with Gasteiger partial charge < -0.3 is 4.84 Å². The first kappa shape index (κ1) is 20.8. The van der Waals surface area contributed by atoms with Gasteiger partial charge in [0.05, 0.1) is 5.56 Å². The number of benzene rings is 1. The molecular weight excluding hydrogens is 390 g/mol. The van der Waals surface area contributed by atoms with Gasteiger partial charge in [-0.1, -0.05) is 23.4 Å². The number of nitro groups is 1. The van der Waals surface area contributed by atoms with Gasteiger partial charge in [0.2, 0.25) is 12.0 Å². The van der Waals surface area contributed by atoms with E-state index in [0.29, 0.717) is 18.4 Å². The number of carbonyl (C=O) groups excluding carboxylic acids is 2. The van der Waals surface area contributed by atoms with Crippen LogP contribution in [0.3, 0.4) is 0 Å². The van der Waals surface area contributed by atoms with Gasteiger partial charge in [0.1, 0.15) is 0 Å². The molecule has 1 heterocycles. The van der Waals surface area contributed by atoms with Gasteiger partial charge in [-0.2, -0.15) is 0 Å². The highest BCUT2D eigenvalue weighted by atomic mass is 16.7. The maximum Gasteiger partial charge on any atom is 0.365 e. The summed E-state index contributed by atoms with van der Waals surface area (Å²) >= 11 is 0. The van der Waals surface area contributed by atoms with E-state index < -0.39 is 17.9 Å². The molecule has 154 valence electrons. The van der Waals surface area contributed by atoms with Crippen molar-refractivity contribution in [2.75, 3.05) is 5.32 Å². The third-order valence-corrected chi connectivity index (χ3v) is 4.46. The highest BCUT2D eigenvalue weighted by molar-refractivity contribution is 6.47. The van der Waals surface area contributed by atoms with E-state index in [2.05, 4.69) is 20.4 Å². The maximum absolute atomic E-state index is 12.7. The first-order chi connectivity index (χ1) is 14.5. The molecule has 1 aromatic carbocycles. The van der Waals surface area contributed by atoms with Crippen LogP contribution in [0.25, 0.3) is 0 Å². The Balaban J connectivity index is 1.87. The fraction of sp³-hybridized carbons (Fsp3) is 0.250. The van der Waals surface area contributed by atoms with Crippen molar-refractivity contribution in [3.63, 3.8) is 0 Å². The summed E-state index contributed by atoms with van der Waals surface area (Å²) in [5.41, 5.74) is 0.418. The first-order valence-corrected chi connectivity index (χ1v) is 9.31. The quantitative estimate of drug-likeness (QED) is 0.335. The molecule has 1 N–H and O–H groups in total. The van der Waals surface area contributed by atoms with Gasteiger partial charge in [0, 0.05) is 29.3 Å². The summed E-state index contributed by atoms with van der Waals surface area (Å²) in [6.07, 6.45) is 6.50. The van der Waals surface area contributed by atoms with Gasteiger partial charge in [-0.05, 0) is 43.5 Å². The monoisotopic (exact) mass is 409 g/mol. The van der Waals surface area contributed by atoms with Crippen LogP contribution in [0.1, 0.15) is 36.0 Å². The van der Waals surface area contributed by atoms with Crippen LogP contribution in [0, 0.1) is 10.1 Å². The molecule has 1 amide bonds. The smallest absolute Gasteiger partial charge is 0.312 e. The lowest BCUT2D eigenvalue weighted by atomic mass is 9.89. The van der Waals surface area contributed by atoms with E-state index >= 15 is 0 Å². The maximum atomic E-state index is 12.7. The average Bonchev–Trinajstić information content (AvgIpc) is 2.77. The Morgan fingerprint density at radius 1 is 1.17 bits per heavy atom. The number of nitrogens with zero attached hydrogens (tertiary/aromatic N) is 4. The summed E-state index contributed by atoms with van der Waals surface area (Å²) in [7, 11) is 0. The number of rotatable bonds is 6. The normalized spacial score (nSPS) is 17.9. The molecule has 1 aliphatic carbocycles. The van der Waals surface area contributed by atoms with Crippen molar-refractivity contribution in [2.45, 2.75) is 31.7 Å². The number of hydrogen-bond donors (Lipinski definition) is 1. The lowest BCUT2D eigenvalue weighted by Crippen LogP contribution is -2.28. The highest BCUT2D eigenvalue weighted by Gasteiger charge is 2.29. The second kappa shape index (κ2) is 10.0. The Labute approximate surface area is 171 Å². The van der Waals surface area contributed by atoms with E-state index in [1.54, 1.807) is 24.3 Å². The molecule has 0 aliphatic heterocycles. The summed E-state index contributed by atoms with van der Waals surface area (Å²) in [6, 6.07) is 8.81. The summed E-state index contributed by atoms with van der Waals surface area (Å²) in [6.45, 7) is 0. The molecule has 10 nitrogen and oxygen atoms in total. The van der Waals surface area contributed by atoms with E-state index in [1.165, 1.54) is 30.6 Å². The number of oxime groups is 1. The van der Waals surface area contributed by atoms with Crippen LogP contribution >= 0.6 is 0 Å². The minimum Gasteiger partial charge on any atom is -0.312 e. The summed E-state index contributed by atoms with van der Waals surface area (Å²) in [5, 5.41) is 17.5. The Morgan fingerprint density at radius 2 is 1.90 bits per heavy atom. The van der Waals surface area contributed by atoms with E-state index in [1.807, 2.05) is 0 Å². The van der Waals surface area contributed by atoms with Crippen molar-refractivity contribution >= 4 is 23.5 Å². The van der Waals surface area contributed by atoms with Crippen molar-refractivity contribution in [1.82, 2.24) is 9.97 Å². The molecule has 0 spiro atoms. The van der Waals surface area contributed by atoms with Gasteiger partial charge in [-0.3, -0.25) is 20.2 Å². The molecule has 1 saturated carbocycles. The largest absolute Gasteiger partial charge is 0.365 e. The molecule has 0 radical (unpaired) electrons. The number of anilines is 1. The molecule has 10 heteroatoms. The van der Waals surface area contributed by atoms with E-state index in [0.717, 1.165) is 12.8 Å². The fourth-order valence-corrected chi connectivity index (χ4v) is 2.98. The highest BCUT2D eigenvalue weighted by Crippen LogP contribution is 2.26. The third-order valence-electron chi connectivity index (χ3n) is 4.46. The SMILES string of the molecule is O=C(Nc1ncccn1)C(/C=C1\CCCCC1[N+](=O)[O-])=N/OC(=O)c1ccccc1. The predicted octanol–water partition coefficient (Wildman–Crippen LogP) is 2.77. The molecule has 1 atom stereocenters. The lowest BCUT2D eigenvalue weighted by molar-refractivity contribution is -0.514. The zero-order valence-corrected chi connectivity index (χ0v) is 15.9. The minimum atomic E-state index is -0.908. The first-order valence-electron chi connectivity index (χ1n) is 9.31. The average molecular weight is 409 g/mol. The molecule has 3 rings (SSSR count). The summed E-state index contributed by atoms with van der Waals surface area (Å²) in [4.78, 5) is 48.6. The van der Waals surface area contributed by atoms with Crippen molar-refractivity contribution < 1.29 is 19.3 Å². The van der Waals surface area contributed by atoms with Crippen LogP contribution in [0.15, 0.2) is 65.6 Å². The second-order valence-electron chi connectivity index (χ2n) is 6.51. The van der Waals surface area contributed by atoms with Crippen LogP contribution in [-0.2, 0) is 9.63 Å². The Morgan fingerprint density at radius 3 is 2.60 bits per heavy atom. The molecule has 2 aromatic rings. The molecule has 1 fully saturated rings. The zero-order chi connectivity index (χ0) is 21.3. The molecule has 1 aromatic heterocycles. The molecule has 0 saturated heterocycles. The number of carbonyl (C=O) groups is 2. The van der Waals surface area contributed by atoms with Crippen LogP contribution in [0.5, 0.6) is 0 Å². The second-order valence-corrected chi connectivity index (χ2v) is 6.51. The summed E-state index contributed by atoms with van der Waals surface area (Å²) < 4.78 is 0. The number of hydrogen-bond acceptors (Lipinski definition) is 8. The van der Waals surface area contributed by atoms with Crippen LogP contribution in [0.2, 0.25) is 0 Å². The number of aromatic nitrogens is 2. The van der Waals surface area contributed by atoms with Gasteiger partial charge in [0.25, 0.3) is 5.91 Å². The van der Waals surface area contributed by atoms with E-state index in [9.17, 15) is 19.7 Å². The van der Waals surface area contributed by atoms with Gasteiger partial charge in [0.15, 0.2) is 5.71 Å². The van der Waals surface area contributed by atoms with Crippen LogP contribution in [0.4, 0.5) is 5.95 Å². The lowest BCUT2D eigenvalue weighted by Gasteiger charge is -2.18. The Hall–Kier alpha value is -3.95. The third kappa shape index (κ3) is 5.53. The van der Waals surface area contributed by atoms with Crippen molar-refractivity contribution in [2.24, 2.45) is 5.16 Å². The molecule has 0 bridgehead atoms. The van der Waals surface area contributed by atoms with E-state index in [-0.39, 0.29) is 22.1 Å². The number of amides is 1. The molecule has 1 aliphatic rings. The van der Waals surface area contributed by atoms with Gasteiger partial charge >= 0.3 is 5.97 Å². The standard InChI is InChI=1S/C20H19N5O5/c26-18(23-20-21-11-6-12-22-20)16(13-15-9-4-5-10-17(15)25(28)29)24-30-19(27)14-7-2-1-3-8-14/h1-3,6-8,11-13,17H,4-5,9-10H2,(H,21,22,23,26)/b15-13+,24-16+. The van der Waals surface area contributed by atoms with Crippen LogP contribution in [-0.4, -0.2) is 38.5 Å². The number of nitrogens with one attached hydrogen (secondary N) is 1. The van der Waals surface area contributed by atoms with E-state index in [4.69, 9.17) is 4.84 Å². The predicted molar refractivity (Wildman–Crippen MR) is 107 cm³/mol. The zero-order valence-electron chi connectivity index (χ0n) is 15.9.